The molecule has 0 saturated carbocycles. The average molecular weight is 237 g/mol. The molecule has 1 aromatic rings. The molecule has 0 heterocycles. The van der Waals surface area contributed by atoms with Crippen LogP contribution in [0.1, 0.15) is 16.7 Å². The van der Waals surface area contributed by atoms with Gasteiger partial charge in [0.15, 0.2) is 0 Å². The van der Waals surface area contributed by atoms with E-state index in [4.69, 9.17) is 6.42 Å². The Balaban J connectivity index is 3.53. The molecule has 1 radical (unpaired) electrons. The molecular weight excluding hydrogens is 234 g/mol. The van der Waals surface area contributed by atoms with Gasteiger partial charge in [0.05, 0.1) is 11.1 Å². The van der Waals surface area contributed by atoms with Gasteiger partial charge in [0.2, 0.25) is 0 Å². The van der Waals surface area contributed by atoms with E-state index in [-0.39, 0.29) is 0 Å². The quantitative estimate of drug-likeness (QED) is 0.477. The van der Waals surface area contributed by atoms with Crippen molar-refractivity contribution < 1.29 is 26.3 Å². The molecule has 0 fully saturated rings. The van der Waals surface area contributed by atoms with Gasteiger partial charge in [-0.2, -0.15) is 26.3 Å². The zero-order valence-electron chi connectivity index (χ0n) is 7.50. The summed E-state index contributed by atoms with van der Waals surface area (Å²) in [6.07, 6.45) is -3.34. The first kappa shape index (κ1) is 12.4. The lowest BCUT2D eigenvalue weighted by Gasteiger charge is -2.14. The van der Waals surface area contributed by atoms with Gasteiger partial charge in [0, 0.05) is 5.56 Å². The minimum Gasteiger partial charge on any atom is -0.166 e. The van der Waals surface area contributed by atoms with Crippen LogP contribution in [0.4, 0.5) is 26.3 Å². The monoisotopic (exact) mass is 237 g/mol. The van der Waals surface area contributed by atoms with E-state index in [1.165, 1.54) is 5.92 Å². The van der Waals surface area contributed by atoms with Gasteiger partial charge in [-0.05, 0) is 18.6 Å². The van der Waals surface area contributed by atoms with Crippen LogP contribution in [0, 0.1) is 12.3 Å². The molecule has 1 aromatic carbocycles. The Morgan fingerprint density at radius 2 is 1.25 bits per heavy atom. The van der Waals surface area contributed by atoms with Gasteiger partial charge in [0.25, 0.3) is 0 Å². The summed E-state index contributed by atoms with van der Waals surface area (Å²) in [5, 5.41) is 0. The van der Waals surface area contributed by atoms with E-state index in [1.807, 2.05) is 0 Å². The molecule has 16 heavy (non-hydrogen) atoms. The molecule has 1 rings (SSSR count). The van der Waals surface area contributed by atoms with Crippen LogP contribution in [-0.4, -0.2) is 0 Å². The Kier molecular flexibility index (Phi) is 2.91. The Bertz CT molecular complexity index is 400. The summed E-state index contributed by atoms with van der Waals surface area (Å²) in [5.74, 6) is 1.19. The summed E-state index contributed by atoms with van der Waals surface area (Å²) in [6.45, 7) is 0. The first-order chi connectivity index (χ1) is 7.18. The van der Waals surface area contributed by atoms with Crippen LogP contribution in [-0.2, 0) is 12.4 Å². The molecule has 0 nitrogen and oxygen atoms in total. The van der Waals surface area contributed by atoms with Crippen LogP contribution in [0.3, 0.4) is 0 Å². The van der Waals surface area contributed by atoms with E-state index in [0.717, 1.165) is 0 Å². The Morgan fingerprint density at radius 1 is 0.875 bits per heavy atom. The van der Waals surface area contributed by atoms with Crippen molar-refractivity contribution in [2.24, 2.45) is 0 Å². The van der Waals surface area contributed by atoms with E-state index in [9.17, 15) is 26.3 Å². The van der Waals surface area contributed by atoms with Gasteiger partial charge in [-0.1, -0.05) is 12.0 Å². The minimum absolute atomic E-state index is 0.478. The molecule has 6 heteroatoms. The van der Waals surface area contributed by atoms with Crippen LogP contribution in [0.25, 0.3) is 0 Å². The zero-order chi connectivity index (χ0) is 12.6. The van der Waals surface area contributed by atoms with E-state index in [1.54, 1.807) is 0 Å². The summed E-state index contributed by atoms with van der Waals surface area (Å²) in [4.78, 5) is 0. The lowest BCUT2D eigenvalue weighted by atomic mass is 10.0. The predicted octanol–water partition coefficient (Wildman–Crippen LogP) is 3.66. The maximum Gasteiger partial charge on any atom is 0.417 e. The van der Waals surface area contributed by atoms with E-state index in [2.05, 4.69) is 0 Å². The number of halogens is 6. The average Bonchev–Trinajstić information content (AvgIpc) is 2.13. The summed E-state index contributed by atoms with van der Waals surface area (Å²) < 4.78 is 73.9. The number of rotatable bonds is 0. The fourth-order valence-corrected chi connectivity index (χ4v) is 1.16. The van der Waals surface area contributed by atoms with Crippen molar-refractivity contribution in [3.63, 3.8) is 0 Å². The van der Waals surface area contributed by atoms with Gasteiger partial charge in [0.1, 0.15) is 0 Å². The molecule has 85 valence electrons. The van der Waals surface area contributed by atoms with E-state index < -0.39 is 29.0 Å². The number of hydrogen-bond donors (Lipinski definition) is 0. The number of hydrogen-bond acceptors (Lipinski definition) is 0. The van der Waals surface area contributed by atoms with Crippen molar-refractivity contribution >= 4 is 0 Å². The fourth-order valence-electron chi connectivity index (χ4n) is 1.16. The molecule has 0 spiro atoms. The van der Waals surface area contributed by atoms with Crippen molar-refractivity contribution in [3.8, 4) is 5.92 Å². The first-order valence-electron chi connectivity index (χ1n) is 3.88. The zero-order valence-corrected chi connectivity index (χ0v) is 7.50. The third kappa shape index (κ3) is 2.30. The number of alkyl halides is 6. The van der Waals surface area contributed by atoms with E-state index in [0.29, 0.717) is 18.2 Å². The SMILES string of the molecule is [C]#Cc1c(C(F)(F)F)cccc1C(F)(F)F. The third-order valence-electron chi connectivity index (χ3n) is 1.80. The van der Waals surface area contributed by atoms with Crippen molar-refractivity contribution in [1.82, 2.24) is 0 Å². The molecule has 0 bridgehead atoms. The fraction of sp³-hybridized carbons (Fsp3) is 0.200. The lowest BCUT2D eigenvalue weighted by Crippen LogP contribution is -2.14. The predicted molar refractivity (Wildman–Crippen MR) is 42.7 cm³/mol. The molecule has 0 N–H and O–H groups in total. The maximum absolute atomic E-state index is 12.3. The smallest absolute Gasteiger partial charge is 0.166 e. The van der Waals surface area contributed by atoms with Crippen LogP contribution in [0.15, 0.2) is 18.2 Å². The highest BCUT2D eigenvalue weighted by Gasteiger charge is 2.40. The second-order valence-corrected chi connectivity index (χ2v) is 2.85. The molecule has 0 unspecified atom stereocenters. The van der Waals surface area contributed by atoms with Crippen LogP contribution < -0.4 is 0 Å². The van der Waals surface area contributed by atoms with Gasteiger partial charge in [-0.15, -0.1) is 0 Å². The van der Waals surface area contributed by atoms with Crippen molar-refractivity contribution in [3.05, 3.63) is 41.3 Å². The van der Waals surface area contributed by atoms with Gasteiger partial charge >= 0.3 is 12.4 Å². The molecule has 0 aliphatic rings. The Labute approximate surface area is 86.9 Å². The Morgan fingerprint density at radius 3 is 1.50 bits per heavy atom. The highest BCUT2D eigenvalue weighted by Crippen LogP contribution is 2.38. The van der Waals surface area contributed by atoms with Gasteiger partial charge in [-0.25, -0.2) is 0 Å². The normalized spacial score (nSPS) is 12.3. The highest BCUT2D eigenvalue weighted by molar-refractivity contribution is 5.47. The summed E-state index contributed by atoms with van der Waals surface area (Å²) in [6, 6.07) is 1.60. The lowest BCUT2D eigenvalue weighted by molar-refractivity contribution is -0.143. The molecule has 0 aliphatic carbocycles. The molecule has 0 amide bonds. The molecule has 0 aliphatic heterocycles. The van der Waals surface area contributed by atoms with Crippen LogP contribution >= 0.6 is 0 Å². The minimum atomic E-state index is -4.94. The molecule has 0 saturated heterocycles. The van der Waals surface area contributed by atoms with Gasteiger partial charge < -0.3 is 0 Å². The first-order valence-corrected chi connectivity index (χ1v) is 3.88. The maximum atomic E-state index is 12.3. The molecule has 0 aromatic heterocycles. The standard InChI is InChI=1S/C10H3F6/c1-2-6-7(9(11,12)13)4-3-5-8(6)10(14,15)16/h3-5H. The molecule has 0 atom stereocenters. The summed E-state index contributed by atoms with van der Waals surface area (Å²) >= 11 is 0. The van der Waals surface area contributed by atoms with Crippen LogP contribution in [0.5, 0.6) is 0 Å². The summed E-state index contributed by atoms with van der Waals surface area (Å²) in [5.41, 5.74) is -4.32. The van der Waals surface area contributed by atoms with Crippen molar-refractivity contribution in [2.75, 3.05) is 0 Å². The summed E-state index contributed by atoms with van der Waals surface area (Å²) in [7, 11) is 0. The second-order valence-electron chi connectivity index (χ2n) is 2.85. The number of benzene rings is 1. The van der Waals surface area contributed by atoms with Gasteiger partial charge in [-0.3, -0.25) is 0 Å². The largest absolute Gasteiger partial charge is 0.417 e. The molecular formula is C10H3F6. The Hall–Kier alpha value is -1.64. The van der Waals surface area contributed by atoms with Crippen LogP contribution in [0.2, 0.25) is 0 Å². The topological polar surface area (TPSA) is 0 Å². The third-order valence-corrected chi connectivity index (χ3v) is 1.80. The van der Waals surface area contributed by atoms with Crippen molar-refractivity contribution in [1.29, 1.82) is 0 Å². The highest BCUT2D eigenvalue weighted by atomic mass is 19.4. The van der Waals surface area contributed by atoms with E-state index >= 15 is 0 Å². The van der Waals surface area contributed by atoms with Crippen molar-refractivity contribution in [2.45, 2.75) is 12.4 Å². The second kappa shape index (κ2) is 3.74.